The SMILES string of the molecule is O=C(NCCCl)Nc1nccnc1OCc1ccc(Cl)cc1. The maximum atomic E-state index is 11.6. The lowest BCUT2D eigenvalue weighted by molar-refractivity contribution is 0.252. The lowest BCUT2D eigenvalue weighted by atomic mass is 10.2. The molecule has 116 valence electrons. The monoisotopic (exact) mass is 340 g/mol. The van der Waals surface area contributed by atoms with Crippen molar-refractivity contribution < 1.29 is 9.53 Å². The molecule has 0 aliphatic carbocycles. The Morgan fingerprint density at radius 1 is 1.18 bits per heavy atom. The molecule has 0 atom stereocenters. The van der Waals surface area contributed by atoms with Crippen LogP contribution in [0.5, 0.6) is 5.88 Å². The van der Waals surface area contributed by atoms with Crippen LogP contribution in [0, 0.1) is 0 Å². The van der Waals surface area contributed by atoms with E-state index in [4.69, 9.17) is 27.9 Å². The van der Waals surface area contributed by atoms with Crippen molar-refractivity contribution in [1.29, 1.82) is 0 Å². The molecule has 1 heterocycles. The van der Waals surface area contributed by atoms with Crippen LogP contribution in [0.2, 0.25) is 5.02 Å². The number of aromatic nitrogens is 2. The molecule has 0 aliphatic rings. The quantitative estimate of drug-likeness (QED) is 0.792. The summed E-state index contributed by atoms with van der Waals surface area (Å²) >= 11 is 11.3. The van der Waals surface area contributed by atoms with Crippen molar-refractivity contribution in [3.63, 3.8) is 0 Å². The van der Waals surface area contributed by atoms with Gasteiger partial charge in [0, 0.05) is 29.8 Å². The molecule has 2 aromatic rings. The second-order valence-corrected chi connectivity index (χ2v) is 5.01. The van der Waals surface area contributed by atoms with E-state index in [0.29, 0.717) is 17.4 Å². The highest BCUT2D eigenvalue weighted by atomic mass is 35.5. The van der Waals surface area contributed by atoms with Crippen LogP contribution >= 0.6 is 23.2 Å². The Bertz CT molecular complexity index is 622. The van der Waals surface area contributed by atoms with E-state index in [1.165, 1.54) is 12.4 Å². The van der Waals surface area contributed by atoms with Crippen molar-refractivity contribution in [2.45, 2.75) is 6.61 Å². The fourth-order valence-corrected chi connectivity index (χ4v) is 1.78. The van der Waals surface area contributed by atoms with E-state index < -0.39 is 6.03 Å². The predicted molar refractivity (Wildman–Crippen MR) is 85.6 cm³/mol. The van der Waals surface area contributed by atoms with Crippen molar-refractivity contribution in [3.8, 4) is 5.88 Å². The number of nitrogens with zero attached hydrogens (tertiary/aromatic N) is 2. The van der Waals surface area contributed by atoms with Gasteiger partial charge in [0.2, 0.25) is 0 Å². The molecule has 0 aliphatic heterocycles. The number of anilines is 1. The van der Waals surface area contributed by atoms with Gasteiger partial charge in [0.1, 0.15) is 6.61 Å². The first-order chi connectivity index (χ1) is 10.7. The Morgan fingerprint density at radius 2 is 1.91 bits per heavy atom. The molecule has 0 saturated heterocycles. The van der Waals surface area contributed by atoms with Crippen LogP contribution in [0.25, 0.3) is 0 Å². The zero-order valence-corrected chi connectivity index (χ0v) is 13.1. The van der Waals surface area contributed by atoms with E-state index in [-0.39, 0.29) is 18.3 Å². The van der Waals surface area contributed by atoms with Crippen LogP contribution in [0.4, 0.5) is 10.6 Å². The Hall–Kier alpha value is -2.05. The van der Waals surface area contributed by atoms with Crippen molar-refractivity contribution >= 4 is 35.1 Å². The maximum absolute atomic E-state index is 11.6. The smallest absolute Gasteiger partial charge is 0.320 e. The molecular formula is C14H14Cl2N4O2. The van der Waals surface area contributed by atoms with Gasteiger partial charge < -0.3 is 10.1 Å². The number of hydrogen-bond acceptors (Lipinski definition) is 4. The zero-order valence-electron chi connectivity index (χ0n) is 11.6. The maximum Gasteiger partial charge on any atom is 0.320 e. The molecule has 0 bridgehead atoms. The highest BCUT2D eigenvalue weighted by Gasteiger charge is 2.10. The van der Waals surface area contributed by atoms with Crippen molar-refractivity contribution in [1.82, 2.24) is 15.3 Å². The minimum atomic E-state index is -0.419. The van der Waals surface area contributed by atoms with Gasteiger partial charge in [-0.1, -0.05) is 23.7 Å². The molecule has 0 spiro atoms. The van der Waals surface area contributed by atoms with E-state index in [0.717, 1.165) is 5.56 Å². The van der Waals surface area contributed by atoms with E-state index in [1.54, 1.807) is 12.1 Å². The number of urea groups is 1. The van der Waals surface area contributed by atoms with Gasteiger partial charge in [-0.05, 0) is 17.7 Å². The molecule has 0 radical (unpaired) electrons. The van der Waals surface area contributed by atoms with E-state index >= 15 is 0 Å². The summed E-state index contributed by atoms with van der Waals surface area (Å²) in [5.74, 6) is 0.801. The lowest BCUT2D eigenvalue weighted by Crippen LogP contribution is -2.30. The van der Waals surface area contributed by atoms with Gasteiger partial charge in [0.05, 0.1) is 0 Å². The number of carbonyl (C=O) groups is 1. The number of carbonyl (C=O) groups excluding carboxylic acids is 1. The molecule has 0 fully saturated rings. The molecule has 6 nitrogen and oxygen atoms in total. The zero-order chi connectivity index (χ0) is 15.8. The van der Waals surface area contributed by atoms with Crippen LogP contribution in [0.1, 0.15) is 5.56 Å². The molecule has 1 aromatic carbocycles. The van der Waals surface area contributed by atoms with Gasteiger partial charge in [-0.15, -0.1) is 11.6 Å². The molecule has 2 N–H and O–H groups in total. The molecule has 0 unspecified atom stereocenters. The van der Waals surface area contributed by atoms with Gasteiger partial charge in [0.15, 0.2) is 5.82 Å². The third-order valence-electron chi connectivity index (χ3n) is 2.57. The fraction of sp³-hybridized carbons (Fsp3) is 0.214. The molecular weight excluding hydrogens is 327 g/mol. The van der Waals surface area contributed by atoms with Gasteiger partial charge in [0.25, 0.3) is 5.88 Å². The Balaban J connectivity index is 1.98. The first-order valence-electron chi connectivity index (χ1n) is 6.48. The summed E-state index contributed by atoms with van der Waals surface area (Å²) in [6.45, 7) is 0.641. The van der Waals surface area contributed by atoms with Crippen molar-refractivity contribution in [2.75, 3.05) is 17.7 Å². The molecule has 1 aromatic heterocycles. The lowest BCUT2D eigenvalue weighted by Gasteiger charge is -2.10. The van der Waals surface area contributed by atoms with Gasteiger partial charge in [-0.3, -0.25) is 5.32 Å². The summed E-state index contributed by atoms with van der Waals surface area (Å²) < 4.78 is 5.58. The number of nitrogens with one attached hydrogen (secondary N) is 2. The highest BCUT2D eigenvalue weighted by Crippen LogP contribution is 2.19. The van der Waals surface area contributed by atoms with Crippen molar-refractivity contribution in [2.24, 2.45) is 0 Å². The normalized spacial score (nSPS) is 10.1. The minimum absolute atomic E-state index is 0.235. The third-order valence-corrected chi connectivity index (χ3v) is 3.01. The number of ether oxygens (including phenoxy) is 1. The molecule has 2 amide bonds. The number of hydrogen-bond donors (Lipinski definition) is 2. The Morgan fingerprint density at radius 3 is 2.64 bits per heavy atom. The van der Waals surface area contributed by atoms with Crippen LogP contribution in [-0.4, -0.2) is 28.4 Å². The average Bonchev–Trinajstić information content (AvgIpc) is 2.53. The fourth-order valence-electron chi connectivity index (χ4n) is 1.56. The van der Waals surface area contributed by atoms with Gasteiger partial charge in [-0.25, -0.2) is 14.8 Å². The van der Waals surface area contributed by atoms with Crippen LogP contribution < -0.4 is 15.4 Å². The summed E-state index contributed by atoms with van der Waals surface area (Å²) in [6, 6.07) is 6.82. The largest absolute Gasteiger partial charge is 0.470 e. The topological polar surface area (TPSA) is 76.1 Å². The second kappa shape index (κ2) is 8.41. The number of amides is 2. The first kappa shape index (κ1) is 16.3. The van der Waals surface area contributed by atoms with Gasteiger partial charge in [-0.2, -0.15) is 0 Å². The second-order valence-electron chi connectivity index (χ2n) is 4.20. The third kappa shape index (κ3) is 5.05. The molecule has 22 heavy (non-hydrogen) atoms. The predicted octanol–water partition coefficient (Wildman–Crippen LogP) is 3.07. The van der Waals surface area contributed by atoms with E-state index in [2.05, 4.69) is 20.6 Å². The number of benzene rings is 1. The first-order valence-corrected chi connectivity index (χ1v) is 7.39. The Kier molecular flexibility index (Phi) is 6.24. The molecule has 8 heteroatoms. The van der Waals surface area contributed by atoms with Crippen LogP contribution in [0.3, 0.4) is 0 Å². The minimum Gasteiger partial charge on any atom is -0.470 e. The van der Waals surface area contributed by atoms with E-state index in [9.17, 15) is 4.79 Å². The van der Waals surface area contributed by atoms with Crippen LogP contribution in [-0.2, 0) is 6.61 Å². The average molecular weight is 341 g/mol. The number of rotatable bonds is 6. The Labute approximate surface area is 137 Å². The summed E-state index contributed by atoms with van der Waals surface area (Å²) in [4.78, 5) is 19.7. The van der Waals surface area contributed by atoms with Crippen LogP contribution in [0.15, 0.2) is 36.7 Å². The summed E-state index contributed by atoms with van der Waals surface area (Å²) in [7, 11) is 0. The van der Waals surface area contributed by atoms with E-state index in [1.807, 2.05) is 12.1 Å². The number of halogens is 2. The number of alkyl halides is 1. The molecule has 0 saturated carbocycles. The summed E-state index contributed by atoms with van der Waals surface area (Å²) in [5, 5.41) is 5.78. The molecule has 2 rings (SSSR count). The summed E-state index contributed by atoms with van der Waals surface area (Å²) in [5.41, 5.74) is 0.924. The van der Waals surface area contributed by atoms with Gasteiger partial charge >= 0.3 is 6.03 Å². The highest BCUT2D eigenvalue weighted by molar-refractivity contribution is 6.30. The van der Waals surface area contributed by atoms with Crippen molar-refractivity contribution in [3.05, 3.63) is 47.2 Å². The summed E-state index contributed by atoms with van der Waals surface area (Å²) in [6.07, 6.45) is 2.95. The standard InChI is InChI=1S/C14H14Cl2N4O2/c15-5-6-19-14(21)20-12-13(18-8-7-17-12)22-9-10-1-3-11(16)4-2-10/h1-4,7-8H,5-6,9H2,(H2,17,19,20,21).